The van der Waals surface area contributed by atoms with E-state index in [0.717, 1.165) is 22.3 Å². The van der Waals surface area contributed by atoms with E-state index in [4.69, 9.17) is 10.00 Å². The van der Waals surface area contributed by atoms with E-state index in [-0.39, 0.29) is 0 Å². The molecule has 176 valence electrons. The van der Waals surface area contributed by atoms with Gasteiger partial charge < -0.3 is 9.84 Å². The molecule has 5 heteroatoms. The lowest BCUT2D eigenvalue weighted by atomic mass is 9.52. The van der Waals surface area contributed by atoms with Crippen molar-refractivity contribution in [1.82, 2.24) is 0 Å². The lowest BCUT2D eigenvalue weighted by Crippen LogP contribution is -2.52. The maximum absolute atomic E-state index is 13.8. The standard InChI is InChI=1S/C31H23NO4/c32-19-20-15-17-21(18-16-20)24-13-7-8-14-25(24)36-31(35)29-26(22-9-3-1-4-10-22)28(30(33)34)27(29)23-11-5-2-6-12-23/h1-18,26-29H,(H,33,34)/t26-,27-,28?,29?/m1/s1. The fourth-order valence-electron chi connectivity index (χ4n) is 5.22. The topological polar surface area (TPSA) is 87.4 Å². The van der Waals surface area contributed by atoms with Crippen molar-refractivity contribution in [2.45, 2.75) is 11.8 Å². The van der Waals surface area contributed by atoms with Crippen molar-refractivity contribution in [2.75, 3.05) is 0 Å². The Labute approximate surface area is 209 Å². The quantitative estimate of drug-likeness (QED) is 0.273. The number of carboxylic acid groups (broad SMARTS) is 1. The SMILES string of the molecule is N#Cc1ccc(-c2ccccc2OC(=O)C2[C@H](c3ccccc3)C(C(=O)O)[C@H]2c2ccccc2)cc1. The largest absolute Gasteiger partial charge is 0.481 e. The second-order valence-corrected chi connectivity index (χ2v) is 8.87. The number of hydrogen-bond donors (Lipinski definition) is 1. The summed E-state index contributed by atoms with van der Waals surface area (Å²) in [5.74, 6) is -3.43. The van der Waals surface area contributed by atoms with Crippen LogP contribution in [-0.4, -0.2) is 17.0 Å². The second kappa shape index (κ2) is 9.89. The number of nitrogens with zero attached hydrogens (tertiary/aromatic N) is 1. The van der Waals surface area contributed by atoms with Crippen molar-refractivity contribution in [3.8, 4) is 22.9 Å². The molecule has 0 aromatic heterocycles. The van der Waals surface area contributed by atoms with E-state index in [9.17, 15) is 14.7 Å². The number of ether oxygens (including phenoxy) is 1. The molecule has 4 aromatic rings. The molecule has 0 bridgehead atoms. The Balaban J connectivity index is 1.52. The van der Waals surface area contributed by atoms with Crippen LogP contribution in [0.25, 0.3) is 11.1 Å². The zero-order valence-corrected chi connectivity index (χ0v) is 19.3. The van der Waals surface area contributed by atoms with E-state index < -0.39 is 35.6 Å². The first-order valence-corrected chi connectivity index (χ1v) is 11.7. The van der Waals surface area contributed by atoms with Gasteiger partial charge in [0.15, 0.2) is 0 Å². The van der Waals surface area contributed by atoms with E-state index in [2.05, 4.69) is 6.07 Å². The van der Waals surface area contributed by atoms with Crippen molar-refractivity contribution >= 4 is 11.9 Å². The van der Waals surface area contributed by atoms with Gasteiger partial charge in [-0.15, -0.1) is 0 Å². The summed E-state index contributed by atoms with van der Waals surface area (Å²) < 4.78 is 6.00. The smallest absolute Gasteiger partial charge is 0.315 e. The first-order valence-electron chi connectivity index (χ1n) is 11.7. The lowest BCUT2D eigenvalue weighted by Gasteiger charge is -2.49. The van der Waals surface area contributed by atoms with Gasteiger partial charge in [-0.25, -0.2) is 0 Å². The Hall–Kier alpha value is -4.69. The van der Waals surface area contributed by atoms with Crippen LogP contribution in [0.15, 0.2) is 109 Å². The molecule has 36 heavy (non-hydrogen) atoms. The molecular weight excluding hydrogens is 450 g/mol. The number of carbonyl (C=O) groups excluding carboxylic acids is 1. The number of hydrogen-bond acceptors (Lipinski definition) is 4. The van der Waals surface area contributed by atoms with Gasteiger partial charge in [0, 0.05) is 17.4 Å². The van der Waals surface area contributed by atoms with E-state index >= 15 is 0 Å². The van der Waals surface area contributed by atoms with Gasteiger partial charge in [0.2, 0.25) is 0 Å². The van der Waals surface area contributed by atoms with E-state index in [1.54, 1.807) is 24.3 Å². The summed E-state index contributed by atoms with van der Waals surface area (Å²) in [6.45, 7) is 0. The molecule has 5 nitrogen and oxygen atoms in total. The molecule has 0 radical (unpaired) electrons. The number of esters is 1. The number of carbonyl (C=O) groups is 2. The van der Waals surface area contributed by atoms with Crippen LogP contribution in [0.3, 0.4) is 0 Å². The summed E-state index contributed by atoms with van der Waals surface area (Å²) in [5.41, 5.74) is 3.68. The summed E-state index contributed by atoms with van der Waals surface area (Å²) in [6, 6.07) is 35.0. The molecule has 1 fully saturated rings. The summed E-state index contributed by atoms with van der Waals surface area (Å²) >= 11 is 0. The Morgan fingerprint density at radius 1 is 0.694 bits per heavy atom. The van der Waals surface area contributed by atoms with Gasteiger partial charge >= 0.3 is 11.9 Å². The van der Waals surface area contributed by atoms with Gasteiger partial charge in [-0.1, -0.05) is 91.0 Å². The molecule has 0 amide bonds. The maximum Gasteiger partial charge on any atom is 0.315 e. The monoisotopic (exact) mass is 473 g/mol. The van der Waals surface area contributed by atoms with Crippen molar-refractivity contribution in [2.24, 2.45) is 11.8 Å². The summed E-state index contributed by atoms with van der Waals surface area (Å²) in [7, 11) is 0. The van der Waals surface area contributed by atoms with Crippen LogP contribution in [0, 0.1) is 23.2 Å². The maximum atomic E-state index is 13.8. The van der Waals surface area contributed by atoms with E-state index in [0.29, 0.717) is 11.3 Å². The minimum absolute atomic E-state index is 0.393. The van der Waals surface area contributed by atoms with Crippen LogP contribution < -0.4 is 4.74 Å². The van der Waals surface area contributed by atoms with Crippen molar-refractivity contribution in [3.05, 3.63) is 126 Å². The molecule has 0 aliphatic heterocycles. The lowest BCUT2D eigenvalue weighted by molar-refractivity contribution is -0.158. The summed E-state index contributed by atoms with van der Waals surface area (Å²) in [6.07, 6.45) is 0. The highest BCUT2D eigenvalue weighted by Gasteiger charge is 2.59. The summed E-state index contributed by atoms with van der Waals surface area (Å²) in [4.78, 5) is 26.1. The fourth-order valence-corrected chi connectivity index (χ4v) is 5.22. The molecule has 1 saturated carbocycles. The van der Waals surface area contributed by atoms with Gasteiger partial charge in [0.05, 0.1) is 23.5 Å². The molecule has 0 spiro atoms. The van der Waals surface area contributed by atoms with Gasteiger partial charge in [-0.3, -0.25) is 9.59 Å². The van der Waals surface area contributed by atoms with Crippen molar-refractivity contribution in [1.29, 1.82) is 5.26 Å². The highest BCUT2D eigenvalue weighted by atomic mass is 16.5. The van der Waals surface area contributed by atoms with Gasteiger partial charge in [-0.05, 0) is 34.9 Å². The molecule has 1 aliphatic rings. The molecule has 4 aromatic carbocycles. The first-order chi connectivity index (χ1) is 17.6. The highest BCUT2D eigenvalue weighted by Crippen LogP contribution is 2.58. The third-order valence-corrected chi connectivity index (χ3v) is 6.90. The highest BCUT2D eigenvalue weighted by molar-refractivity contribution is 5.87. The van der Waals surface area contributed by atoms with E-state index in [1.165, 1.54) is 0 Å². The number of benzene rings is 4. The zero-order chi connectivity index (χ0) is 25.1. The molecule has 0 saturated heterocycles. The van der Waals surface area contributed by atoms with E-state index in [1.807, 2.05) is 84.9 Å². The number of para-hydroxylation sites is 1. The van der Waals surface area contributed by atoms with Gasteiger partial charge in [-0.2, -0.15) is 5.26 Å². The zero-order valence-electron chi connectivity index (χ0n) is 19.3. The average molecular weight is 474 g/mol. The Kier molecular flexibility index (Phi) is 6.34. The number of rotatable bonds is 6. The van der Waals surface area contributed by atoms with Gasteiger partial charge in [0.25, 0.3) is 0 Å². The van der Waals surface area contributed by atoms with Crippen LogP contribution in [-0.2, 0) is 9.59 Å². The molecule has 5 rings (SSSR count). The van der Waals surface area contributed by atoms with Crippen LogP contribution in [0.1, 0.15) is 28.5 Å². The Morgan fingerprint density at radius 3 is 1.75 bits per heavy atom. The van der Waals surface area contributed by atoms with Crippen LogP contribution in [0.4, 0.5) is 0 Å². The molecule has 2 atom stereocenters. The second-order valence-electron chi connectivity index (χ2n) is 8.87. The van der Waals surface area contributed by atoms with Gasteiger partial charge in [0.1, 0.15) is 5.75 Å². The molecule has 0 heterocycles. The third kappa shape index (κ3) is 4.25. The molecule has 1 aliphatic carbocycles. The minimum Gasteiger partial charge on any atom is -0.481 e. The Bertz CT molecular complexity index is 1380. The predicted molar refractivity (Wildman–Crippen MR) is 135 cm³/mol. The van der Waals surface area contributed by atoms with Crippen molar-refractivity contribution in [3.63, 3.8) is 0 Å². The number of carboxylic acids is 1. The molecule has 0 unspecified atom stereocenters. The molecular formula is C31H23NO4. The van der Waals surface area contributed by atoms with Crippen molar-refractivity contribution < 1.29 is 19.4 Å². The average Bonchev–Trinajstić information content (AvgIpc) is 2.89. The van der Waals surface area contributed by atoms with Crippen LogP contribution in [0.2, 0.25) is 0 Å². The Morgan fingerprint density at radius 2 is 1.22 bits per heavy atom. The predicted octanol–water partition coefficient (Wildman–Crippen LogP) is 6.03. The minimum atomic E-state index is -0.931. The number of nitriles is 1. The molecule has 1 N–H and O–H groups in total. The van der Waals surface area contributed by atoms with Crippen LogP contribution in [0.5, 0.6) is 5.75 Å². The van der Waals surface area contributed by atoms with Crippen LogP contribution >= 0.6 is 0 Å². The third-order valence-electron chi connectivity index (χ3n) is 6.90. The first kappa shape index (κ1) is 23.1. The fraction of sp³-hybridized carbons (Fsp3) is 0.129. The normalized spacial score (nSPS) is 20.5. The summed E-state index contributed by atoms with van der Waals surface area (Å²) in [5, 5.41) is 19.3. The number of aliphatic carboxylic acids is 1.